The van der Waals surface area contributed by atoms with E-state index in [0.29, 0.717) is 11.3 Å². The van der Waals surface area contributed by atoms with Crippen molar-refractivity contribution >= 4 is 21.5 Å². The van der Waals surface area contributed by atoms with Crippen LogP contribution in [0.5, 0.6) is 0 Å². The molecular formula is C19H19N3O3S. The van der Waals surface area contributed by atoms with Crippen molar-refractivity contribution in [3.05, 3.63) is 71.9 Å². The number of carbonyl (C=O) groups excluding carboxylic acids is 1. The predicted octanol–water partition coefficient (Wildman–Crippen LogP) is 2.64. The van der Waals surface area contributed by atoms with Crippen molar-refractivity contribution in [2.45, 2.75) is 4.90 Å². The first-order valence-electron chi connectivity index (χ1n) is 7.74. The second-order valence-electron chi connectivity index (χ2n) is 5.77. The van der Waals surface area contributed by atoms with Gasteiger partial charge in [-0.25, -0.2) is 8.42 Å². The van der Waals surface area contributed by atoms with Gasteiger partial charge < -0.3 is 4.90 Å². The van der Waals surface area contributed by atoms with Gasteiger partial charge in [0.25, 0.3) is 10.0 Å². The highest BCUT2D eigenvalue weighted by molar-refractivity contribution is 7.92. The number of hydrogen-bond acceptors (Lipinski definition) is 5. The molecule has 0 unspecified atom stereocenters. The summed E-state index contributed by atoms with van der Waals surface area (Å²) in [7, 11) is 1.06. The highest BCUT2D eigenvalue weighted by atomic mass is 32.2. The summed E-state index contributed by atoms with van der Waals surface area (Å²) in [6.45, 7) is 0. The summed E-state index contributed by atoms with van der Waals surface area (Å²) in [6, 6.07) is 14.2. The quantitative estimate of drug-likeness (QED) is 0.577. The van der Waals surface area contributed by atoms with Gasteiger partial charge in [-0.15, -0.1) is 0 Å². The molecule has 0 fully saturated rings. The van der Waals surface area contributed by atoms with Gasteiger partial charge in [0.2, 0.25) is 0 Å². The normalized spacial score (nSPS) is 11.2. The zero-order valence-electron chi connectivity index (χ0n) is 14.7. The first-order valence-corrected chi connectivity index (χ1v) is 9.18. The minimum absolute atomic E-state index is 0.0699. The standard InChI is InChI=1S/C19H19N3O3S/c1-21(2)12-11-18(23)15-8-6-9-17(13-15)22(3)26(24,25)19-10-5-4-7-16(19)14-20/h4-13H,1-3H3. The van der Waals surface area contributed by atoms with E-state index >= 15 is 0 Å². The van der Waals surface area contributed by atoms with Gasteiger partial charge in [0, 0.05) is 39.0 Å². The summed E-state index contributed by atoms with van der Waals surface area (Å²) in [6.07, 6.45) is 3.04. The van der Waals surface area contributed by atoms with Crippen LogP contribution >= 0.6 is 0 Å². The fourth-order valence-electron chi connectivity index (χ4n) is 2.24. The highest BCUT2D eigenvalue weighted by Crippen LogP contribution is 2.25. The Morgan fingerprint density at radius 2 is 1.77 bits per heavy atom. The average Bonchev–Trinajstić information content (AvgIpc) is 2.65. The van der Waals surface area contributed by atoms with Gasteiger partial charge in [-0.1, -0.05) is 24.3 Å². The molecule has 0 N–H and O–H groups in total. The molecule has 0 aliphatic heterocycles. The highest BCUT2D eigenvalue weighted by Gasteiger charge is 2.24. The molecule has 6 nitrogen and oxygen atoms in total. The molecule has 0 atom stereocenters. The van der Waals surface area contributed by atoms with E-state index in [4.69, 9.17) is 5.26 Å². The molecular weight excluding hydrogens is 350 g/mol. The van der Waals surface area contributed by atoms with E-state index in [2.05, 4.69) is 0 Å². The Morgan fingerprint density at radius 3 is 2.42 bits per heavy atom. The first kappa shape index (κ1) is 19.2. The first-order chi connectivity index (χ1) is 12.3. The monoisotopic (exact) mass is 369 g/mol. The smallest absolute Gasteiger partial charge is 0.265 e. The topological polar surface area (TPSA) is 81.5 Å². The van der Waals surface area contributed by atoms with Crippen molar-refractivity contribution in [3.63, 3.8) is 0 Å². The lowest BCUT2D eigenvalue weighted by Crippen LogP contribution is -2.27. The molecule has 26 heavy (non-hydrogen) atoms. The zero-order valence-corrected chi connectivity index (χ0v) is 15.6. The molecule has 0 heterocycles. The lowest BCUT2D eigenvalue weighted by Gasteiger charge is -2.20. The predicted molar refractivity (Wildman–Crippen MR) is 100 cm³/mol. The van der Waals surface area contributed by atoms with Crippen LogP contribution in [-0.4, -0.2) is 40.2 Å². The van der Waals surface area contributed by atoms with E-state index < -0.39 is 10.0 Å². The SMILES string of the molecule is CN(C)C=CC(=O)c1cccc(N(C)S(=O)(=O)c2ccccc2C#N)c1. The molecule has 7 heteroatoms. The van der Waals surface area contributed by atoms with Crippen molar-refractivity contribution in [1.82, 2.24) is 4.90 Å². The second kappa shape index (κ2) is 7.85. The number of anilines is 1. The van der Waals surface area contributed by atoms with Crippen molar-refractivity contribution in [2.24, 2.45) is 0 Å². The summed E-state index contributed by atoms with van der Waals surface area (Å²) in [4.78, 5) is 13.9. The zero-order chi connectivity index (χ0) is 19.3. The van der Waals surface area contributed by atoms with Crippen LogP contribution in [0.3, 0.4) is 0 Å². The Bertz CT molecular complexity index is 989. The van der Waals surface area contributed by atoms with Gasteiger partial charge in [-0.05, 0) is 24.3 Å². The maximum absolute atomic E-state index is 12.9. The Morgan fingerprint density at radius 1 is 1.08 bits per heavy atom. The molecule has 0 radical (unpaired) electrons. The van der Waals surface area contributed by atoms with E-state index in [9.17, 15) is 13.2 Å². The molecule has 2 aromatic carbocycles. The molecule has 0 aliphatic carbocycles. The van der Waals surface area contributed by atoms with Crippen LogP contribution in [0.1, 0.15) is 15.9 Å². The summed E-state index contributed by atoms with van der Waals surface area (Å²) >= 11 is 0. The number of allylic oxidation sites excluding steroid dienone is 1. The average molecular weight is 369 g/mol. The van der Waals surface area contributed by atoms with E-state index in [1.165, 1.54) is 31.3 Å². The van der Waals surface area contributed by atoms with Crippen molar-refractivity contribution < 1.29 is 13.2 Å². The van der Waals surface area contributed by atoms with Gasteiger partial charge in [0.1, 0.15) is 11.0 Å². The van der Waals surface area contributed by atoms with Crippen LogP contribution in [-0.2, 0) is 10.0 Å². The second-order valence-corrected chi connectivity index (χ2v) is 7.71. The van der Waals surface area contributed by atoms with Gasteiger partial charge in [-0.2, -0.15) is 5.26 Å². The van der Waals surface area contributed by atoms with Crippen LogP contribution in [0.25, 0.3) is 0 Å². The third-order valence-corrected chi connectivity index (χ3v) is 5.51. The fraction of sp³-hybridized carbons (Fsp3) is 0.158. The maximum atomic E-state index is 12.9. The Hall–Kier alpha value is -3.11. The third kappa shape index (κ3) is 4.10. The van der Waals surface area contributed by atoms with Crippen molar-refractivity contribution in [2.75, 3.05) is 25.4 Å². The van der Waals surface area contributed by atoms with Gasteiger partial charge in [-0.3, -0.25) is 9.10 Å². The number of rotatable bonds is 6. The van der Waals surface area contributed by atoms with Gasteiger partial charge in [0.05, 0.1) is 11.3 Å². The molecule has 0 aliphatic rings. The molecule has 2 rings (SSSR count). The Labute approximate surface area is 153 Å². The van der Waals surface area contributed by atoms with E-state index in [-0.39, 0.29) is 16.2 Å². The maximum Gasteiger partial charge on any atom is 0.265 e. The van der Waals surface area contributed by atoms with Crippen molar-refractivity contribution in [1.29, 1.82) is 5.26 Å². The number of nitrogens with zero attached hydrogens (tertiary/aromatic N) is 3. The van der Waals surface area contributed by atoms with Crippen molar-refractivity contribution in [3.8, 4) is 6.07 Å². The van der Waals surface area contributed by atoms with Crippen LogP contribution in [0.2, 0.25) is 0 Å². The lowest BCUT2D eigenvalue weighted by molar-refractivity contribution is 0.104. The number of sulfonamides is 1. The number of hydrogen-bond donors (Lipinski definition) is 0. The van der Waals surface area contributed by atoms with E-state index in [0.717, 1.165) is 4.31 Å². The van der Waals surface area contributed by atoms with E-state index in [1.54, 1.807) is 55.5 Å². The molecule has 0 amide bonds. The van der Waals surface area contributed by atoms with Crippen LogP contribution in [0.4, 0.5) is 5.69 Å². The molecule has 0 bridgehead atoms. The van der Waals surface area contributed by atoms with Gasteiger partial charge in [0.15, 0.2) is 5.78 Å². The number of benzene rings is 2. The molecule has 0 spiro atoms. The molecule has 0 saturated heterocycles. The van der Waals surface area contributed by atoms with Gasteiger partial charge >= 0.3 is 0 Å². The largest absolute Gasteiger partial charge is 0.383 e. The lowest BCUT2D eigenvalue weighted by atomic mass is 10.1. The van der Waals surface area contributed by atoms with Crippen LogP contribution in [0, 0.1) is 11.3 Å². The fourth-order valence-corrected chi connectivity index (χ4v) is 3.57. The van der Waals surface area contributed by atoms with Crippen LogP contribution < -0.4 is 4.31 Å². The van der Waals surface area contributed by atoms with Crippen LogP contribution in [0.15, 0.2) is 65.7 Å². The molecule has 0 saturated carbocycles. The number of ketones is 1. The number of carbonyl (C=O) groups is 1. The molecule has 0 aromatic heterocycles. The minimum Gasteiger partial charge on any atom is -0.383 e. The summed E-state index contributed by atoms with van der Waals surface area (Å²) in [5, 5.41) is 9.17. The molecule has 134 valence electrons. The summed E-state index contributed by atoms with van der Waals surface area (Å²) in [5.74, 6) is -0.233. The Kier molecular flexibility index (Phi) is 5.80. The summed E-state index contributed by atoms with van der Waals surface area (Å²) < 4.78 is 26.8. The Balaban J connectivity index is 2.41. The van der Waals surface area contributed by atoms with E-state index in [1.807, 2.05) is 6.07 Å². The summed E-state index contributed by atoms with van der Waals surface area (Å²) in [5.41, 5.74) is 0.776. The molecule has 2 aromatic rings. The number of nitriles is 1. The minimum atomic E-state index is -3.93. The third-order valence-electron chi connectivity index (χ3n) is 3.66.